The second-order valence-corrected chi connectivity index (χ2v) is 12.7. The van der Waals surface area contributed by atoms with Gasteiger partial charge in [-0.3, -0.25) is 0 Å². The molecule has 9 rings (SSSR count). The van der Waals surface area contributed by atoms with Crippen LogP contribution in [0, 0.1) is 0 Å². The number of aromatic nitrogens is 8. The first-order valence-corrected chi connectivity index (χ1v) is 16.1. The molecule has 0 atom stereocenters. The summed E-state index contributed by atoms with van der Waals surface area (Å²) >= 11 is 4.75. The molecule has 45 heavy (non-hydrogen) atoms. The number of nitrogens with one attached hydrogen (secondary N) is 2. The first kappa shape index (κ1) is 26.0. The van der Waals surface area contributed by atoms with E-state index in [2.05, 4.69) is 9.97 Å². The standard InChI is InChI=1S/C32H17N8O3S.Cu/c41-44(42)43-23-15-7-14-22-24(23)32-39-30-21-13-6-5-12-20(21)28(37-30)35-26-17-9-2-1-8-16(17)25(33-26)34-27-18-10-3-4-11-19(18)29(36-27)38-31(22)40-32;/h1-15H,(H2,33,34,35,36,37,38,39,40);. The summed E-state index contributed by atoms with van der Waals surface area (Å²) in [4.78, 5) is 36.1. The van der Waals surface area contributed by atoms with Crippen LogP contribution in [0.2, 0.25) is 0 Å². The molecule has 220 valence electrons. The fraction of sp³-hybridized carbons (Fsp3) is 0. The van der Waals surface area contributed by atoms with Crippen LogP contribution in [0.1, 0.15) is 0 Å². The zero-order chi connectivity index (χ0) is 30.3. The van der Waals surface area contributed by atoms with Crippen molar-refractivity contribution in [2.24, 2.45) is 0 Å². The summed E-state index contributed by atoms with van der Waals surface area (Å²) in [7, 11) is -4.29. The van der Waals surface area contributed by atoms with Crippen molar-refractivity contribution in [1.29, 1.82) is 0 Å². The van der Waals surface area contributed by atoms with E-state index in [0.717, 1.165) is 33.0 Å². The first-order valence-electron chi connectivity index (χ1n) is 13.7. The first-order chi connectivity index (χ1) is 21.9. The Labute approximate surface area is 261 Å². The number of H-pyrrole nitrogens is 2. The molecule has 0 aliphatic carbocycles. The third-order valence-corrected chi connectivity index (χ3v) is 8.33. The third-order valence-electron chi connectivity index (χ3n) is 7.72. The normalized spacial score (nSPS) is 12.3. The molecule has 0 fully saturated rings. The van der Waals surface area contributed by atoms with Gasteiger partial charge in [0, 0.05) is 5.39 Å². The van der Waals surface area contributed by atoms with Gasteiger partial charge < -0.3 is 0 Å². The quantitative estimate of drug-likeness (QED) is 0.212. The molecule has 0 radical (unpaired) electrons. The van der Waals surface area contributed by atoms with Gasteiger partial charge >= 0.3 is 233 Å². The fourth-order valence-electron chi connectivity index (χ4n) is 5.83. The Hall–Kier alpha value is -5.49. The summed E-state index contributed by atoms with van der Waals surface area (Å²) in [6.45, 7) is 0. The van der Waals surface area contributed by atoms with E-state index >= 15 is 0 Å². The van der Waals surface area contributed by atoms with Crippen molar-refractivity contribution in [1.82, 2.24) is 39.9 Å². The van der Waals surface area contributed by atoms with Gasteiger partial charge in [0.25, 0.3) is 0 Å². The maximum absolute atomic E-state index is 12.1. The Kier molecular flexibility index (Phi) is 5.48. The van der Waals surface area contributed by atoms with Crippen molar-refractivity contribution in [3.63, 3.8) is 0 Å². The maximum atomic E-state index is 12.1. The molecule has 0 amide bonds. The molecular formula is C32H17CuN8O3S. The van der Waals surface area contributed by atoms with Gasteiger partial charge in [0.05, 0.1) is 0 Å². The monoisotopic (exact) mass is 656 g/mol. The zero-order valence-electron chi connectivity index (χ0n) is 22.8. The van der Waals surface area contributed by atoms with Crippen molar-refractivity contribution < 1.29 is 27.5 Å². The molecule has 13 heteroatoms. The van der Waals surface area contributed by atoms with Crippen LogP contribution in [0.15, 0.2) is 91.0 Å². The molecular weight excluding hydrogens is 640 g/mol. The van der Waals surface area contributed by atoms with Gasteiger partial charge in [0.2, 0.25) is 0 Å². The van der Waals surface area contributed by atoms with Crippen LogP contribution < -0.4 is 4.18 Å². The van der Waals surface area contributed by atoms with E-state index in [9.17, 15) is 8.42 Å². The Morgan fingerprint density at radius 2 is 0.889 bits per heavy atom. The molecule has 3 aromatic heterocycles. The third kappa shape index (κ3) is 4.20. The molecule has 0 saturated heterocycles. The molecule has 2 N–H and O–H groups in total. The molecule has 11 nitrogen and oxygen atoms in total. The van der Waals surface area contributed by atoms with Crippen molar-refractivity contribution >= 4 is 52.7 Å². The van der Waals surface area contributed by atoms with Crippen molar-refractivity contribution in [3.8, 4) is 51.3 Å². The SMILES string of the molecule is O=[S](=O)([Cu])Oc1cccc2c3nc4nc(nc5[nH]c(nc6nc(nc([nH]3)c12)-c1ccccc1-6)c1ccccc51)-c1ccccc1-4. The summed E-state index contributed by atoms with van der Waals surface area (Å²) in [5, 5.41) is 2.68. The number of nitrogens with zero attached hydrogens (tertiary/aromatic N) is 6. The van der Waals surface area contributed by atoms with Crippen molar-refractivity contribution in [2.75, 3.05) is 0 Å². The number of hydrogen-bond donors (Lipinski definition) is 2. The average molecular weight is 657 g/mol. The predicted octanol–water partition coefficient (Wildman–Crippen LogP) is 6.04. The number of rotatable bonds is 2. The summed E-state index contributed by atoms with van der Waals surface area (Å²) in [6.07, 6.45) is 0. The topological polar surface area (TPSA) is 152 Å². The second kappa shape index (κ2) is 9.50. The summed E-state index contributed by atoms with van der Waals surface area (Å²) in [5.74, 6) is 1.75. The Morgan fingerprint density at radius 1 is 0.489 bits per heavy atom. The van der Waals surface area contributed by atoms with Gasteiger partial charge in [-0.05, 0) is 0 Å². The average Bonchev–Trinajstić information content (AvgIpc) is 3.76. The molecule has 8 bridgehead atoms. The Balaban J connectivity index is 1.50. The van der Waals surface area contributed by atoms with Crippen LogP contribution in [-0.4, -0.2) is 48.3 Å². The second-order valence-electron chi connectivity index (χ2n) is 10.4. The van der Waals surface area contributed by atoms with E-state index in [-0.39, 0.29) is 11.4 Å². The minimum absolute atomic E-state index is 0.00750. The molecule has 2 aliphatic rings. The zero-order valence-corrected chi connectivity index (χ0v) is 24.5. The fourth-order valence-corrected chi connectivity index (χ4v) is 6.42. The Morgan fingerprint density at radius 3 is 1.38 bits per heavy atom. The van der Waals surface area contributed by atoms with Crippen LogP contribution in [0.25, 0.3) is 89.7 Å². The molecule has 0 saturated carbocycles. The van der Waals surface area contributed by atoms with E-state index in [4.69, 9.17) is 49.0 Å². The molecule has 4 aromatic carbocycles. The number of aromatic amines is 2. The van der Waals surface area contributed by atoms with Crippen LogP contribution in [0.5, 0.6) is 5.75 Å². The number of fused-ring (bicyclic) bond motifs is 20. The number of benzene rings is 4. The molecule has 2 aliphatic heterocycles. The van der Waals surface area contributed by atoms with Crippen LogP contribution in [0.3, 0.4) is 0 Å². The van der Waals surface area contributed by atoms with E-state index in [1.54, 1.807) is 12.1 Å². The van der Waals surface area contributed by atoms with Gasteiger partial charge in [-0.1, -0.05) is 24.3 Å². The van der Waals surface area contributed by atoms with E-state index in [1.807, 2.05) is 72.8 Å². The predicted molar refractivity (Wildman–Crippen MR) is 166 cm³/mol. The minimum atomic E-state index is -4.29. The van der Waals surface area contributed by atoms with Gasteiger partial charge in [0.15, 0.2) is 0 Å². The number of hydrogen-bond acceptors (Lipinski definition) is 9. The molecule has 7 aromatic rings. The van der Waals surface area contributed by atoms with Crippen molar-refractivity contribution in [3.05, 3.63) is 91.0 Å². The van der Waals surface area contributed by atoms with Gasteiger partial charge in [-0.15, -0.1) is 0 Å². The molecule has 0 spiro atoms. The van der Waals surface area contributed by atoms with E-state index in [0.29, 0.717) is 51.0 Å². The van der Waals surface area contributed by atoms with Crippen LogP contribution in [-0.2, 0) is 23.4 Å². The molecule has 0 unspecified atom stereocenters. The van der Waals surface area contributed by atoms with Gasteiger partial charge in [-0.25, -0.2) is 0 Å². The Bertz CT molecular complexity index is 2680. The van der Waals surface area contributed by atoms with Crippen LogP contribution in [0.4, 0.5) is 0 Å². The van der Waals surface area contributed by atoms with Gasteiger partial charge in [0.1, 0.15) is 0 Å². The summed E-state index contributed by atoms with van der Waals surface area (Å²) < 4.78 is 29.4. The summed E-state index contributed by atoms with van der Waals surface area (Å²) in [5.41, 5.74) is 5.01. The summed E-state index contributed by atoms with van der Waals surface area (Å²) in [6, 6.07) is 28.2. The van der Waals surface area contributed by atoms with Gasteiger partial charge in [-0.2, -0.15) is 0 Å². The van der Waals surface area contributed by atoms with Crippen LogP contribution >= 0.6 is 0 Å². The van der Waals surface area contributed by atoms with Crippen molar-refractivity contribution in [2.45, 2.75) is 0 Å². The van der Waals surface area contributed by atoms with E-state index in [1.165, 1.54) is 6.07 Å². The van der Waals surface area contributed by atoms with E-state index < -0.39 is 8.54 Å². The molecule has 5 heterocycles.